The Balaban J connectivity index is 1.74. The molecule has 2 amide bonds. The summed E-state index contributed by atoms with van der Waals surface area (Å²) < 4.78 is 2.03. The van der Waals surface area contributed by atoms with Crippen LogP contribution in [0.1, 0.15) is 29.4 Å². The number of rotatable bonds is 2. The topological polar surface area (TPSA) is 54.3 Å². The Morgan fingerprint density at radius 3 is 2.76 bits per heavy atom. The van der Waals surface area contributed by atoms with E-state index in [2.05, 4.69) is 5.32 Å². The van der Waals surface area contributed by atoms with Crippen LogP contribution in [0.5, 0.6) is 0 Å². The van der Waals surface area contributed by atoms with Gasteiger partial charge in [0.1, 0.15) is 12.2 Å². The van der Waals surface area contributed by atoms with Gasteiger partial charge in [0, 0.05) is 12.2 Å². The molecule has 0 radical (unpaired) electrons. The van der Waals surface area contributed by atoms with E-state index in [4.69, 9.17) is 0 Å². The van der Waals surface area contributed by atoms with Crippen molar-refractivity contribution in [1.82, 2.24) is 4.57 Å². The first kappa shape index (κ1) is 12.2. The van der Waals surface area contributed by atoms with Crippen LogP contribution in [-0.4, -0.2) is 22.9 Å². The van der Waals surface area contributed by atoms with E-state index in [1.807, 2.05) is 47.2 Å². The van der Waals surface area contributed by atoms with Crippen molar-refractivity contribution in [3.8, 4) is 0 Å². The van der Waals surface area contributed by atoms with Crippen molar-refractivity contribution in [2.75, 3.05) is 16.8 Å². The third kappa shape index (κ3) is 2.01. The van der Waals surface area contributed by atoms with Gasteiger partial charge < -0.3 is 9.88 Å². The predicted octanol–water partition coefficient (Wildman–Crippen LogP) is 2.42. The Morgan fingerprint density at radius 2 is 1.95 bits per heavy atom. The summed E-state index contributed by atoms with van der Waals surface area (Å²) in [6, 6.07) is 11.5. The second-order valence-corrected chi connectivity index (χ2v) is 5.49. The smallest absolute Gasteiger partial charge is 0.275 e. The second kappa shape index (κ2) is 4.48. The van der Waals surface area contributed by atoms with Crippen LogP contribution >= 0.6 is 0 Å². The van der Waals surface area contributed by atoms with Crippen LogP contribution in [0.3, 0.4) is 0 Å². The summed E-state index contributed by atoms with van der Waals surface area (Å²) in [5, 5.41) is 2.80. The van der Waals surface area contributed by atoms with E-state index in [-0.39, 0.29) is 18.4 Å². The van der Waals surface area contributed by atoms with Crippen molar-refractivity contribution in [1.29, 1.82) is 0 Å². The van der Waals surface area contributed by atoms with E-state index in [0.29, 0.717) is 17.4 Å². The summed E-state index contributed by atoms with van der Waals surface area (Å²) in [6.45, 7) is 0.0612. The van der Waals surface area contributed by atoms with E-state index in [9.17, 15) is 9.59 Å². The molecule has 1 aromatic carbocycles. The number of benzene rings is 1. The molecule has 2 aliphatic rings. The maximum Gasteiger partial charge on any atom is 0.275 e. The first-order valence-electron chi connectivity index (χ1n) is 7.11. The van der Waals surface area contributed by atoms with E-state index in [1.54, 1.807) is 4.90 Å². The van der Waals surface area contributed by atoms with Gasteiger partial charge in [-0.05, 0) is 37.1 Å². The van der Waals surface area contributed by atoms with Crippen molar-refractivity contribution >= 4 is 23.2 Å². The summed E-state index contributed by atoms with van der Waals surface area (Å²) in [5.74, 6) is -0.277. The second-order valence-electron chi connectivity index (χ2n) is 5.49. The predicted molar refractivity (Wildman–Crippen MR) is 79.5 cm³/mol. The molecule has 1 aliphatic heterocycles. The van der Waals surface area contributed by atoms with Crippen LogP contribution in [0.15, 0.2) is 42.6 Å². The Hall–Kier alpha value is -2.56. The van der Waals surface area contributed by atoms with E-state index >= 15 is 0 Å². The lowest BCUT2D eigenvalue weighted by Crippen LogP contribution is -2.42. The number of hydrogen-bond donors (Lipinski definition) is 1. The molecule has 4 rings (SSSR count). The summed E-state index contributed by atoms with van der Waals surface area (Å²) in [5.41, 5.74) is 2.10. The van der Waals surface area contributed by atoms with Gasteiger partial charge in [-0.25, -0.2) is 0 Å². The Kier molecular flexibility index (Phi) is 2.60. The summed E-state index contributed by atoms with van der Waals surface area (Å²) in [4.78, 5) is 26.2. The Labute approximate surface area is 122 Å². The van der Waals surface area contributed by atoms with E-state index in [0.717, 1.165) is 18.5 Å². The standard InChI is InChI=1S/C16H15N3O2/c20-15-10-19(13-5-2-1-4-12(13)17-15)16(21)14-6-3-9-18(14)11-7-8-11/h1-6,9,11H,7-8,10H2,(H,17,20). The van der Waals surface area contributed by atoms with Gasteiger partial charge in [-0.3, -0.25) is 14.5 Å². The number of anilines is 2. The van der Waals surface area contributed by atoms with Crippen LogP contribution in [0, 0.1) is 0 Å². The minimum Gasteiger partial charge on any atom is -0.340 e. The number of nitrogens with one attached hydrogen (secondary N) is 1. The largest absolute Gasteiger partial charge is 0.340 e. The van der Waals surface area contributed by atoms with Gasteiger partial charge in [0.25, 0.3) is 5.91 Å². The van der Waals surface area contributed by atoms with Gasteiger partial charge in [-0.15, -0.1) is 0 Å². The Bertz CT molecular complexity index is 731. The number of carbonyl (C=O) groups is 2. The number of fused-ring (bicyclic) bond motifs is 1. The number of para-hydroxylation sites is 2. The molecule has 1 aliphatic carbocycles. The molecule has 1 N–H and O–H groups in total. The fourth-order valence-corrected chi connectivity index (χ4v) is 2.80. The monoisotopic (exact) mass is 281 g/mol. The lowest BCUT2D eigenvalue weighted by molar-refractivity contribution is -0.115. The Morgan fingerprint density at radius 1 is 1.14 bits per heavy atom. The molecule has 0 unspecified atom stereocenters. The molecule has 0 atom stereocenters. The lowest BCUT2D eigenvalue weighted by atomic mass is 10.2. The molecule has 5 nitrogen and oxygen atoms in total. The minimum atomic E-state index is -0.161. The van der Waals surface area contributed by atoms with Crippen LogP contribution in [0.4, 0.5) is 11.4 Å². The minimum absolute atomic E-state index is 0.0612. The molecule has 106 valence electrons. The van der Waals surface area contributed by atoms with Crippen molar-refractivity contribution in [3.05, 3.63) is 48.3 Å². The van der Waals surface area contributed by atoms with E-state index in [1.165, 1.54) is 0 Å². The number of nitrogens with zero attached hydrogens (tertiary/aromatic N) is 2. The molecule has 21 heavy (non-hydrogen) atoms. The fourth-order valence-electron chi connectivity index (χ4n) is 2.80. The average molecular weight is 281 g/mol. The molecule has 2 heterocycles. The number of amides is 2. The third-order valence-electron chi connectivity index (χ3n) is 3.95. The number of aromatic nitrogens is 1. The van der Waals surface area contributed by atoms with Crippen molar-refractivity contribution in [2.45, 2.75) is 18.9 Å². The average Bonchev–Trinajstić information content (AvgIpc) is 3.22. The molecule has 1 fully saturated rings. The first-order chi connectivity index (χ1) is 10.2. The molecule has 5 heteroatoms. The quantitative estimate of drug-likeness (QED) is 0.919. The van der Waals surface area contributed by atoms with Gasteiger partial charge in [0.2, 0.25) is 5.91 Å². The highest BCUT2D eigenvalue weighted by Crippen LogP contribution is 2.37. The van der Waals surface area contributed by atoms with Crippen molar-refractivity contribution in [2.24, 2.45) is 0 Å². The van der Waals surface area contributed by atoms with Crippen molar-refractivity contribution < 1.29 is 9.59 Å². The van der Waals surface area contributed by atoms with E-state index < -0.39 is 0 Å². The van der Waals surface area contributed by atoms with Gasteiger partial charge in [0.15, 0.2) is 0 Å². The van der Waals surface area contributed by atoms with Gasteiger partial charge in [-0.2, -0.15) is 0 Å². The maximum atomic E-state index is 12.8. The number of carbonyl (C=O) groups excluding carboxylic acids is 2. The summed E-state index contributed by atoms with van der Waals surface area (Å²) in [7, 11) is 0. The third-order valence-corrected chi connectivity index (χ3v) is 3.95. The molecule has 0 saturated heterocycles. The zero-order valence-electron chi connectivity index (χ0n) is 11.5. The highest BCUT2D eigenvalue weighted by Gasteiger charge is 2.32. The van der Waals surface area contributed by atoms with Gasteiger partial charge in [-0.1, -0.05) is 12.1 Å². The van der Waals surface area contributed by atoms with Crippen molar-refractivity contribution in [3.63, 3.8) is 0 Å². The van der Waals surface area contributed by atoms with Gasteiger partial charge in [0.05, 0.1) is 11.4 Å². The molecule has 1 aromatic heterocycles. The SMILES string of the molecule is O=C1CN(C(=O)c2cccn2C2CC2)c2ccccc2N1. The maximum absolute atomic E-state index is 12.8. The fraction of sp³-hybridized carbons (Fsp3) is 0.250. The highest BCUT2D eigenvalue weighted by atomic mass is 16.2. The highest BCUT2D eigenvalue weighted by molar-refractivity contribution is 6.14. The van der Waals surface area contributed by atoms with Crippen LogP contribution < -0.4 is 10.2 Å². The van der Waals surface area contributed by atoms with Crippen LogP contribution in [0.2, 0.25) is 0 Å². The first-order valence-corrected chi connectivity index (χ1v) is 7.11. The zero-order valence-corrected chi connectivity index (χ0v) is 11.5. The lowest BCUT2D eigenvalue weighted by Gasteiger charge is -2.29. The molecular weight excluding hydrogens is 266 g/mol. The molecule has 1 saturated carbocycles. The molecule has 2 aromatic rings. The van der Waals surface area contributed by atoms with Gasteiger partial charge >= 0.3 is 0 Å². The molecule has 0 bridgehead atoms. The normalized spacial score (nSPS) is 17.3. The summed E-state index contributed by atoms with van der Waals surface area (Å²) in [6.07, 6.45) is 4.18. The molecule has 0 spiro atoms. The molecular formula is C16H15N3O2. The zero-order chi connectivity index (χ0) is 14.4. The summed E-state index contributed by atoms with van der Waals surface area (Å²) >= 11 is 0. The van der Waals surface area contributed by atoms with Crippen LogP contribution in [-0.2, 0) is 4.79 Å². The number of hydrogen-bond acceptors (Lipinski definition) is 2. The van der Waals surface area contributed by atoms with Crippen LogP contribution in [0.25, 0.3) is 0 Å².